The summed E-state index contributed by atoms with van der Waals surface area (Å²) in [6, 6.07) is 5.36. The number of halogens is 2. The molecule has 0 aliphatic heterocycles. The molecular formula is C13H15Cl2N3. The van der Waals surface area contributed by atoms with Gasteiger partial charge in [-0.25, -0.2) is 4.98 Å². The van der Waals surface area contributed by atoms with Gasteiger partial charge < -0.3 is 9.88 Å². The van der Waals surface area contributed by atoms with Crippen LogP contribution >= 0.6 is 23.2 Å². The summed E-state index contributed by atoms with van der Waals surface area (Å²) < 4.78 is 2.08. The minimum absolute atomic E-state index is 0.608. The summed E-state index contributed by atoms with van der Waals surface area (Å²) in [6.45, 7) is 3.12. The van der Waals surface area contributed by atoms with E-state index in [4.69, 9.17) is 23.2 Å². The maximum absolute atomic E-state index is 5.96. The second kappa shape index (κ2) is 6.12. The monoisotopic (exact) mass is 283 g/mol. The third-order valence-electron chi connectivity index (χ3n) is 2.59. The summed E-state index contributed by atoms with van der Waals surface area (Å²) in [5.41, 5.74) is 0.844. The van der Waals surface area contributed by atoms with Crippen LogP contribution in [-0.4, -0.2) is 9.55 Å². The van der Waals surface area contributed by atoms with Gasteiger partial charge in [-0.05, 0) is 24.6 Å². The highest BCUT2D eigenvalue weighted by atomic mass is 35.5. The third-order valence-corrected chi connectivity index (χ3v) is 3.02. The van der Waals surface area contributed by atoms with Crippen LogP contribution in [0.4, 0.5) is 11.6 Å². The van der Waals surface area contributed by atoms with Gasteiger partial charge in [0.2, 0.25) is 5.95 Å². The summed E-state index contributed by atoms with van der Waals surface area (Å²) in [4.78, 5) is 4.29. The van der Waals surface area contributed by atoms with Crippen molar-refractivity contribution in [3.63, 3.8) is 0 Å². The number of rotatable bonds is 5. The summed E-state index contributed by atoms with van der Waals surface area (Å²) >= 11 is 11.9. The first-order chi connectivity index (χ1) is 8.69. The van der Waals surface area contributed by atoms with E-state index in [1.54, 1.807) is 12.3 Å². The Morgan fingerprint density at radius 2 is 1.94 bits per heavy atom. The number of nitrogens with one attached hydrogen (secondary N) is 1. The molecule has 0 atom stereocenters. The largest absolute Gasteiger partial charge is 0.326 e. The van der Waals surface area contributed by atoms with E-state index in [1.165, 1.54) is 0 Å². The van der Waals surface area contributed by atoms with Crippen LogP contribution in [-0.2, 0) is 6.54 Å². The molecule has 0 fully saturated rings. The van der Waals surface area contributed by atoms with Crippen molar-refractivity contribution in [2.45, 2.75) is 26.3 Å². The number of anilines is 2. The van der Waals surface area contributed by atoms with E-state index in [0.29, 0.717) is 10.0 Å². The number of aromatic nitrogens is 2. The average molecular weight is 284 g/mol. The van der Waals surface area contributed by atoms with Crippen LogP contribution in [0.1, 0.15) is 19.8 Å². The first-order valence-corrected chi connectivity index (χ1v) is 6.69. The Labute approximate surface area is 117 Å². The molecule has 1 N–H and O–H groups in total. The van der Waals surface area contributed by atoms with Gasteiger partial charge in [-0.2, -0.15) is 0 Å². The molecule has 0 amide bonds. The van der Waals surface area contributed by atoms with E-state index < -0.39 is 0 Å². The molecule has 2 aromatic rings. The molecule has 0 unspecified atom stereocenters. The topological polar surface area (TPSA) is 29.9 Å². The lowest BCUT2D eigenvalue weighted by Crippen LogP contribution is -2.03. The molecule has 3 nitrogen and oxygen atoms in total. The van der Waals surface area contributed by atoms with Crippen molar-refractivity contribution in [2.24, 2.45) is 0 Å². The van der Waals surface area contributed by atoms with E-state index in [2.05, 4.69) is 21.8 Å². The van der Waals surface area contributed by atoms with E-state index in [0.717, 1.165) is 31.0 Å². The minimum atomic E-state index is 0.608. The summed E-state index contributed by atoms with van der Waals surface area (Å²) in [6.07, 6.45) is 6.02. The van der Waals surface area contributed by atoms with E-state index in [9.17, 15) is 0 Å². The van der Waals surface area contributed by atoms with Crippen molar-refractivity contribution in [3.05, 3.63) is 40.6 Å². The van der Waals surface area contributed by atoms with Crippen LogP contribution in [0.2, 0.25) is 10.0 Å². The highest BCUT2D eigenvalue weighted by molar-refractivity contribution is 6.35. The van der Waals surface area contributed by atoms with E-state index >= 15 is 0 Å². The van der Waals surface area contributed by atoms with Crippen LogP contribution in [0, 0.1) is 0 Å². The standard InChI is InChI=1S/C13H15Cl2N3/c1-2-3-5-18-6-4-16-13(18)17-12-8-10(14)7-11(15)9-12/h4,6-9H,2-3,5H2,1H3,(H,16,17). The number of benzene rings is 1. The number of imidazole rings is 1. The second-order valence-corrected chi connectivity index (χ2v) is 4.95. The van der Waals surface area contributed by atoms with Crippen molar-refractivity contribution >= 4 is 34.8 Å². The zero-order valence-corrected chi connectivity index (χ0v) is 11.7. The smallest absolute Gasteiger partial charge is 0.207 e. The first-order valence-electron chi connectivity index (χ1n) is 5.93. The Morgan fingerprint density at radius 3 is 2.61 bits per heavy atom. The molecule has 0 spiro atoms. The fourth-order valence-electron chi connectivity index (χ4n) is 1.70. The molecule has 0 saturated heterocycles. The maximum atomic E-state index is 5.96. The van der Waals surface area contributed by atoms with Crippen LogP contribution in [0.25, 0.3) is 0 Å². The molecule has 5 heteroatoms. The number of hydrogen-bond donors (Lipinski definition) is 1. The maximum Gasteiger partial charge on any atom is 0.207 e. The Kier molecular flexibility index (Phi) is 4.50. The Hall–Kier alpha value is -1.19. The molecule has 0 saturated carbocycles. The van der Waals surface area contributed by atoms with Crippen molar-refractivity contribution < 1.29 is 0 Å². The van der Waals surface area contributed by atoms with Crippen molar-refractivity contribution in [2.75, 3.05) is 5.32 Å². The fraction of sp³-hybridized carbons (Fsp3) is 0.308. The predicted molar refractivity (Wildman–Crippen MR) is 76.9 cm³/mol. The van der Waals surface area contributed by atoms with Crippen LogP contribution in [0.5, 0.6) is 0 Å². The fourth-order valence-corrected chi connectivity index (χ4v) is 2.22. The van der Waals surface area contributed by atoms with Gasteiger partial charge >= 0.3 is 0 Å². The van der Waals surface area contributed by atoms with Gasteiger partial charge in [0.15, 0.2) is 0 Å². The number of nitrogens with zero attached hydrogens (tertiary/aromatic N) is 2. The number of unbranched alkanes of at least 4 members (excludes halogenated alkanes) is 1. The zero-order chi connectivity index (χ0) is 13.0. The molecular weight excluding hydrogens is 269 g/mol. The Bertz CT molecular complexity index is 502. The summed E-state index contributed by atoms with van der Waals surface area (Å²) in [5.74, 6) is 0.807. The van der Waals surface area contributed by atoms with Crippen LogP contribution in [0.15, 0.2) is 30.6 Å². The second-order valence-electron chi connectivity index (χ2n) is 4.08. The van der Waals surface area contributed by atoms with Gasteiger partial charge in [0.1, 0.15) is 0 Å². The quantitative estimate of drug-likeness (QED) is 0.859. The number of hydrogen-bond acceptors (Lipinski definition) is 2. The molecule has 0 bridgehead atoms. The highest BCUT2D eigenvalue weighted by Crippen LogP contribution is 2.24. The Morgan fingerprint density at radius 1 is 1.22 bits per heavy atom. The van der Waals surface area contributed by atoms with Gasteiger partial charge in [-0.15, -0.1) is 0 Å². The highest BCUT2D eigenvalue weighted by Gasteiger charge is 2.04. The lowest BCUT2D eigenvalue weighted by atomic mass is 10.3. The average Bonchev–Trinajstić information content (AvgIpc) is 2.72. The molecule has 1 aromatic heterocycles. The van der Waals surface area contributed by atoms with Gasteiger partial charge in [0, 0.05) is 34.7 Å². The molecule has 1 aromatic carbocycles. The van der Waals surface area contributed by atoms with Gasteiger partial charge in [-0.3, -0.25) is 0 Å². The summed E-state index contributed by atoms with van der Waals surface area (Å²) in [7, 11) is 0. The first kappa shape index (κ1) is 13.2. The molecule has 0 radical (unpaired) electrons. The van der Waals surface area contributed by atoms with Crippen LogP contribution < -0.4 is 5.32 Å². The lowest BCUT2D eigenvalue weighted by Gasteiger charge is -2.10. The van der Waals surface area contributed by atoms with Crippen molar-refractivity contribution in [1.82, 2.24) is 9.55 Å². The van der Waals surface area contributed by atoms with Crippen molar-refractivity contribution in [1.29, 1.82) is 0 Å². The molecule has 18 heavy (non-hydrogen) atoms. The van der Waals surface area contributed by atoms with Crippen LogP contribution in [0.3, 0.4) is 0 Å². The van der Waals surface area contributed by atoms with Gasteiger partial charge in [0.25, 0.3) is 0 Å². The van der Waals surface area contributed by atoms with Gasteiger partial charge in [-0.1, -0.05) is 36.5 Å². The third kappa shape index (κ3) is 3.40. The molecule has 0 aliphatic carbocycles. The SMILES string of the molecule is CCCCn1ccnc1Nc1cc(Cl)cc(Cl)c1. The normalized spacial score (nSPS) is 10.6. The van der Waals surface area contributed by atoms with E-state index in [1.807, 2.05) is 18.3 Å². The van der Waals surface area contributed by atoms with Gasteiger partial charge in [0.05, 0.1) is 0 Å². The van der Waals surface area contributed by atoms with E-state index in [-0.39, 0.29) is 0 Å². The Balaban J connectivity index is 2.15. The molecule has 96 valence electrons. The minimum Gasteiger partial charge on any atom is -0.326 e. The van der Waals surface area contributed by atoms with Crippen molar-refractivity contribution in [3.8, 4) is 0 Å². The summed E-state index contributed by atoms with van der Waals surface area (Å²) in [5, 5.41) is 4.44. The lowest BCUT2D eigenvalue weighted by molar-refractivity contribution is 0.638. The zero-order valence-electron chi connectivity index (χ0n) is 10.2. The number of aryl methyl sites for hydroxylation is 1. The predicted octanol–water partition coefficient (Wildman–Crippen LogP) is 4.73. The molecule has 0 aliphatic rings. The molecule has 1 heterocycles. The molecule has 2 rings (SSSR count).